The fourth-order valence-electron chi connectivity index (χ4n) is 12.0. The summed E-state index contributed by atoms with van der Waals surface area (Å²) in [5.41, 5.74) is 19.4. The van der Waals surface area contributed by atoms with Gasteiger partial charge in [-0.3, -0.25) is 0 Å². The van der Waals surface area contributed by atoms with Crippen LogP contribution in [-0.2, 0) is 10.8 Å². The molecule has 14 rings (SSSR count). The van der Waals surface area contributed by atoms with Gasteiger partial charge in [0.1, 0.15) is 11.5 Å². The molecule has 0 radical (unpaired) electrons. The zero-order chi connectivity index (χ0) is 38.5. The molecule has 1 heterocycles. The molecule has 1 nitrogen and oxygen atoms in total. The summed E-state index contributed by atoms with van der Waals surface area (Å²) in [6.07, 6.45) is 0. The second kappa shape index (κ2) is 11.1. The largest absolute Gasteiger partial charge is 0.456 e. The molecule has 4 aliphatic rings. The molecule has 272 valence electrons. The molecule has 0 aromatic heterocycles. The van der Waals surface area contributed by atoms with Crippen LogP contribution in [0.3, 0.4) is 0 Å². The molecular formula is C58H34O. The quantitative estimate of drug-likeness (QED) is 0.163. The molecule has 0 bridgehead atoms. The van der Waals surface area contributed by atoms with E-state index in [-0.39, 0.29) is 0 Å². The molecule has 2 spiro atoms. The van der Waals surface area contributed by atoms with E-state index in [1.54, 1.807) is 0 Å². The molecule has 0 amide bonds. The molecule has 59 heavy (non-hydrogen) atoms. The van der Waals surface area contributed by atoms with Gasteiger partial charge in [-0.1, -0.05) is 194 Å². The number of hydrogen-bond donors (Lipinski definition) is 0. The Hall–Kier alpha value is -7.48. The molecular weight excluding hydrogens is 713 g/mol. The van der Waals surface area contributed by atoms with Gasteiger partial charge >= 0.3 is 0 Å². The first kappa shape index (κ1) is 31.6. The van der Waals surface area contributed by atoms with Gasteiger partial charge in [0.05, 0.1) is 10.8 Å². The van der Waals surface area contributed by atoms with Crippen molar-refractivity contribution in [1.82, 2.24) is 0 Å². The molecule has 10 aromatic rings. The van der Waals surface area contributed by atoms with E-state index in [0.29, 0.717) is 0 Å². The Kier molecular flexibility index (Phi) is 5.96. The lowest BCUT2D eigenvalue weighted by Gasteiger charge is -2.41. The van der Waals surface area contributed by atoms with Crippen LogP contribution >= 0.6 is 0 Å². The molecule has 3 aliphatic carbocycles. The van der Waals surface area contributed by atoms with Crippen molar-refractivity contribution >= 4 is 21.5 Å². The first-order valence-electron chi connectivity index (χ1n) is 20.7. The highest BCUT2D eigenvalue weighted by Crippen LogP contribution is 2.66. The maximum absolute atomic E-state index is 7.18. The van der Waals surface area contributed by atoms with Crippen LogP contribution in [0, 0.1) is 0 Å². The van der Waals surface area contributed by atoms with Crippen LogP contribution in [0.4, 0.5) is 0 Å². The standard InChI is InChI=1S/C58H34O/c1-2-17-39-35(14-1)30-32-51-56(39)59-53-33-31-37(34-52(53)57(51)46-25-7-3-18-40(46)41-19-4-8-26-47(41)57)38-22-13-24-45-43-21-6-10-28-49(43)58(55(38)45)48-27-9-5-20-42(48)44-23-11-15-36-16-12-29-50(58)54(36)44/h1-34H. The lowest BCUT2D eigenvalue weighted by atomic mass is 9.60. The van der Waals surface area contributed by atoms with Gasteiger partial charge in [-0.25, -0.2) is 0 Å². The highest BCUT2D eigenvalue weighted by molar-refractivity contribution is 6.08. The van der Waals surface area contributed by atoms with Gasteiger partial charge in [-0.05, 0) is 106 Å². The van der Waals surface area contributed by atoms with Gasteiger partial charge in [0.25, 0.3) is 0 Å². The highest BCUT2D eigenvalue weighted by Gasteiger charge is 2.53. The fraction of sp³-hybridized carbons (Fsp3) is 0.0345. The van der Waals surface area contributed by atoms with E-state index < -0.39 is 10.8 Å². The van der Waals surface area contributed by atoms with Crippen LogP contribution in [0.15, 0.2) is 206 Å². The number of fused-ring (bicyclic) bond motifs is 20. The summed E-state index contributed by atoms with van der Waals surface area (Å²) < 4.78 is 7.18. The van der Waals surface area contributed by atoms with Gasteiger partial charge in [-0.2, -0.15) is 0 Å². The van der Waals surface area contributed by atoms with Crippen molar-refractivity contribution in [2.45, 2.75) is 10.8 Å². The Bertz CT molecular complexity index is 3450. The summed E-state index contributed by atoms with van der Waals surface area (Å²) in [6, 6.07) is 77.3. The predicted octanol–water partition coefficient (Wildman–Crippen LogP) is 14.5. The van der Waals surface area contributed by atoms with E-state index in [1.807, 2.05) is 0 Å². The Morgan fingerprint density at radius 1 is 0.305 bits per heavy atom. The summed E-state index contributed by atoms with van der Waals surface area (Å²) in [4.78, 5) is 0. The van der Waals surface area contributed by atoms with Gasteiger partial charge in [-0.15, -0.1) is 0 Å². The van der Waals surface area contributed by atoms with E-state index in [9.17, 15) is 0 Å². The first-order chi connectivity index (χ1) is 29.3. The maximum atomic E-state index is 7.18. The van der Waals surface area contributed by atoms with Crippen molar-refractivity contribution in [3.8, 4) is 56.0 Å². The minimum absolute atomic E-state index is 0.533. The molecule has 0 fully saturated rings. The Balaban J connectivity index is 1.11. The van der Waals surface area contributed by atoms with Crippen LogP contribution in [0.5, 0.6) is 11.5 Å². The Labute approximate surface area is 342 Å². The molecule has 0 saturated carbocycles. The van der Waals surface area contributed by atoms with Crippen molar-refractivity contribution in [3.05, 3.63) is 251 Å². The fourth-order valence-corrected chi connectivity index (χ4v) is 12.0. The van der Waals surface area contributed by atoms with Crippen LogP contribution in [0.2, 0.25) is 0 Å². The zero-order valence-corrected chi connectivity index (χ0v) is 32.0. The topological polar surface area (TPSA) is 9.23 Å². The molecule has 0 N–H and O–H groups in total. The third-order valence-electron chi connectivity index (χ3n) is 14.1. The predicted molar refractivity (Wildman–Crippen MR) is 241 cm³/mol. The van der Waals surface area contributed by atoms with Gasteiger partial charge in [0, 0.05) is 16.5 Å². The van der Waals surface area contributed by atoms with E-state index in [2.05, 4.69) is 206 Å². The number of rotatable bonds is 1. The average Bonchev–Trinajstić information content (AvgIpc) is 3.77. The third kappa shape index (κ3) is 3.69. The smallest absolute Gasteiger partial charge is 0.140 e. The second-order valence-electron chi connectivity index (χ2n) is 16.6. The molecule has 1 unspecified atom stereocenters. The van der Waals surface area contributed by atoms with Crippen LogP contribution in [-0.4, -0.2) is 0 Å². The molecule has 10 aromatic carbocycles. The summed E-state index contributed by atoms with van der Waals surface area (Å²) >= 11 is 0. The molecule has 0 saturated heterocycles. The van der Waals surface area contributed by atoms with Crippen molar-refractivity contribution in [2.24, 2.45) is 0 Å². The minimum atomic E-state index is -0.587. The lowest BCUT2D eigenvalue weighted by molar-refractivity contribution is 0.442. The van der Waals surface area contributed by atoms with Crippen LogP contribution in [0.1, 0.15) is 44.5 Å². The number of benzene rings is 10. The van der Waals surface area contributed by atoms with Crippen molar-refractivity contribution in [2.75, 3.05) is 0 Å². The normalized spacial score (nSPS) is 16.5. The second-order valence-corrected chi connectivity index (χ2v) is 16.6. The molecule has 1 heteroatoms. The lowest BCUT2D eigenvalue weighted by Crippen LogP contribution is -2.33. The van der Waals surface area contributed by atoms with Gasteiger partial charge in [0.15, 0.2) is 0 Å². The average molecular weight is 747 g/mol. The molecule has 1 aliphatic heterocycles. The van der Waals surface area contributed by atoms with Gasteiger partial charge < -0.3 is 4.74 Å². The zero-order valence-electron chi connectivity index (χ0n) is 32.0. The van der Waals surface area contributed by atoms with Crippen LogP contribution < -0.4 is 4.74 Å². The van der Waals surface area contributed by atoms with E-state index in [4.69, 9.17) is 4.74 Å². The summed E-state index contributed by atoms with van der Waals surface area (Å²) in [6.45, 7) is 0. The van der Waals surface area contributed by atoms with Crippen LogP contribution in [0.25, 0.3) is 66.1 Å². The summed E-state index contributed by atoms with van der Waals surface area (Å²) in [7, 11) is 0. The number of hydrogen-bond acceptors (Lipinski definition) is 1. The Morgan fingerprint density at radius 3 is 1.54 bits per heavy atom. The van der Waals surface area contributed by atoms with Crippen molar-refractivity contribution < 1.29 is 4.74 Å². The number of ether oxygens (including phenoxy) is 1. The van der Waals surface area contributed by atoms with Crippen molar-refractivity contribution in [3.63, 3.8) is 0 Å². The third-order valence-corrected chi connectivity index (χ3v) is 14.1. The van der Waals surface area contributed by atoms with Crippen molar-refractivity contribution in [1.29, 1.82) is 0 Å². The van der Waals surface area contributed by atoms with E-state index in [0.717, 1.165) is 16.9 Å². The van der Waals surface area contributed by atoms with E-state index >= 15 is 0 Å². The highest BCUT2D eigenvalue weighted by atomic mass is 16.5. The minimum Gasteiger partial charge on any atom is -0.456 e. The first-order valence-corrected chi connectivity index (χ1v) is 20.7. The summed E-state index contributed by atoms with van der Waals surface area (Å²) in [5, 5.41) is 4.92. The van der Waals surface area contributed by atoms with Gasteiger partial charge in [0.2, 0.25) is 0 Å². The Morgan fingerprint density at radius 2 is 0.814 bits per heavy atom. The monoisotopic (exact) mass is 746 g/mol. The van der Waals surface area contributed by atoms with E-state index in [1.165, 1.54) is 105 Å². The maximum Gasteiger partial charge on any atom is 0.140 e. The molecule has 1 atom stereocenters. The SMILES string of the molecule is c1ccc2c(c1)-c1ccccc1C21c2cc(-c3cccc4c3C3(c5ccccc5-4)c4ccccc4-c4cccc5cccc3c45)ccc2Oc2c1ccc1ccccc21. The summed E-state index contributed by atoms with van der Waals surface area (Å²) in [5.74, 6) is 1.84.